The van der Waals surface area contributed by atoms with Gasteiger partial charge in [0.1, 0.15) is 0 Å². The maximum atomic E-state index is 9.88. The summed E-state index contributed by atoms with van der Waals surface area (Å²) >= 11 is 0. The molecule has 0 saturated carbocycles. The Morgan fingerprint density at radius 1 is 0.425 bits per heavy atom. The van der Waals surface area contributed by atoms with Gasteiger partial charge in [0.25, 0.3) is 0 Å². The summed E-state index contributed by atoms with van der Waals surface area (Å²) in [5.41, 5.74) is 11.6. The second-order valence-electron chi connectivity index (χ2n) is 9.54. The molecule has 0 radical (unpaired) electrons. The van der Waals surface area contributed by atoms with Crippen LogP contribution in [0.15, 0.2) is 146 Å². The van der Waals surface area contributed by atoms with E-state index in [0.29, 0.717) is 11.3 Å². The molecule has 40 heavy (non-hydrogen) atoms. The topological polar surface area (TPSA) is 28.1 Å². The van der Waals surface area contributed by atoms with E-state index in [9.17, 15) is 5.26 Å². The normalized spacial score (nSPS) is 10.4. The average molecular weight is 509 g/mol. The van der Waals surface area contributed by atoms with Crippen molar-refractivity contribution in [3.8, 4) is 61.7 Å². The molecule has 186 valence electrons. The minimum atomic E-state index is 0.556. The summed E-state index contributed by atoms with van der Waals surface area (Å²) in [6.45, 7) is 7.77. The van der Waals surface area contributed by atoms with Crippen molar-refractivity contribution in [2.45, 2.75) is 0 Å². The summed E-state index contributed by atoms with van der Waals surface area (Å²) in [6.07, 6.45) is 0. The van der Waals surface area contributed by atoms with E-state index >= 15 is 0 Å². The molecular weight excluding hydrogens is 484 g/mol. The third-order valence-corrected chi connectivity index (χ3v) is 7.18. The van der Waals surface area contributed by atoms with Gasteiger partial charge in [0.2, 0.25) is 0 Å². The fraction of sp³-hybridized carbons (Fsp3) is 0. The minimum Gasteiger partial charge on any atom is -0.238 e. The zero-order valence-electron chi connectivity index (χ0n) is 21.8. The second-order valence-corrected chi connectivity index (χ2v) is 9.54. The van der Waals surface area contributed by atoms with Gasteiger partial charge in [-0.05, 0) is 73.8 Å². The van der Waals surface area contributed by atoms with Crippen molar-refractivity contribution in [2.24, 2.45) is 0 Å². The first kappa shape index (κ1) is 24.6. The van der Waals surface area contributed by atoms with Crippen molar-refractivity contribution >= 4 is 5.69 Å². The van der Waals surface area contributed by atoms with Crippen LogP contribution in [0.25, 0.3) is 60.5 Å². The van der Waals surface area contributed by atoms with E-state index in [0.717, 1.165) is 55.6 Å². The summed E-state index contributed by atoms with van der Waals surface area (Å²) < 4.78 is 0. The van der Waals surface area contributed by atoms with Crippen LogP contribution in [-0.4, -0.2) is 0 Å². The van der Waals surface area contributed by atoms with Crippen LogP contribution >= 0.6 is 0 Å². The van der Waals surface area contributed by atoms with Crippen molar-refractivity contribution in [3.63, 3.8) is 0 Å². The first-order chi connectivity index (χ1) is 19.8. The van der Waals surface area contributed by atoms with Crippen LogP contribution in [0.2, 0.25) is 0 Å². The summed E-state index contributed by atoms with van der Waals surface area (Å²) in [5, 5.41) is 9.88. The molecule has 0 fully saturated rings. The van der Waals surface area contributed by atoms with Crippen molar-refractivity contribution in [2.75, 3.05) is 0 Å². The van der Waals surface area contributed by atoms with Crippen LogP contribution in [0, 0.1) is 17.9 Å². The maximum absolute atomic E-state index is 9.88. The maximum Gasteiger partial charge on any atom is 0.187 e. The average Bonchev–Trinajstić information content (AvgIpc) is 3.05. The fourth-order valence-electron chi connectivity index (χ4n) is 5.31. The molecule has 0 spiro atoms. The Kier molecular flexibility index (Phi) is 6.75. The number of hydrogen-bond donors (Lipinski definition) is 0. The Hall–Kier alpha value is -5.70. The van der Waals surface area contributed by atoms with Gasteiger partial charge in [0, 0.05) is 0 Å². The standard InChI is InChI=1S/C38H24N2/c1-40-30-21-23-36(34-19-11-9-17-32(34)29-14-6-3-7-15-29)38(25-30)37-24-27(26-39)20-22-35(37)33-18-10-8-16-31(33)28-12-4-2-5-13-28/h2-25H. The second kappa shape index (κ2) is 11.0. The number of benzene rings is 6. The number of nitrogens with zero attached hydrogens (tertiary/aromatic N) is 2. The molecule has 0 bridgehead atoms. The lowest BCUT2D eigenvalue weighted by atomic mass is 9.84. The van der Waals surface area contributed by atoms with Crippen molar-refractivity contribution in [3.05, 3.63) is 163 Å². The van der Waals surface area contributed by atoms with E-state index in [1.165, 1.54) is 0 Å². The molecule has 0 aliphatic heterocycles. The molecule has 0 unspecified atom stereocenters. The van der Waals surface area contributed by atoms with Crippen molar-refractivity contribution < 1.29 is 0 Å². The third-order valence-electron chi connectivity index (χ3n) is 7.18. The molecule has 0 atom stereocenters. The lowest BCUT2D eigenvalue weighted by Crippen LogP contribution is -1.94. The lowest BCUT2D eigenvalue weighted by molar-refractivity contribution is 1.47. The molecule has 0 aliphatic rings. The highest BCUT2D eigenvalue weighted by atomic mass is 14.6. The smallest absolute Gasteiger partial charge is 0.187 e. The van der Waals surface area contributed by atoms with Crippen molar-refractivity contribution in [1.29, 1.82) is 5.26 Å². The van der Waals surface area contributed by atoms with E-state index in [2.05, 4.69) is 71.6 Å². The van der Waals surface area contributed by atoms with Gasteiger partial charge >= 0.3 is 0 Å². The Morgan fingerprint density at radius 2 is 0.850 bits per heavy atom. The molecule has 0 heterocycles. The van der Waals surface area contributed by atoms with E-state index in [-0.39, 0.29) is 0 Å². The van der Waals surface area contributed by atoms with Gasteiger partial charge in [-0.1, -0.05) is 127 Å². The molecular formula is C38H24N2. The largest absolute Gasteiger partial charge is 0.238 e. The molecule has 2 nitrogen and oxygen atoms in total. The van der Waals surface area contributed by atoms with Crippen molar-refractivity contribution in [1.82, 2.24) is 0 Å². The SMILES string of the molecule is [C-]#[N+]c1ccc(-c2ccccc2-c2ccccc2)c(-c2cc(C#N)ccc2-c2ccccc2-c2ccccc2)c1. The predicted octanol–water partition coefficient (Wildman–Crippen LogP) is 10.4. The highest BCUT2D eigenvalue weighted by Gasteiger charge is 2.18. The van der Waals surface area contributed by atoms with E-state index in [1.807, 2.05) is 84.9 Å². The van der Waals surface area contributed by atoms with Crippen LogP contribution in [0.4, 0.5) is 5.69 Å². The molecule has 0 aromatic heterocycles. The highest BCUT2D eigenvalue weighted by Crippen LogP contribution is 2.45. The quantitative estimate of drug-likeness (QED) is 0.213. The fourth-order valence-corrected chi connectivity index (χ4v) is 5.31. The first-order valence-electron chi connectivity index (χ1n) is 13.1. The van der Waals surface area contributed by atoms with Gasteiger partial charge in [-0.15, -0.1) is 0 Å². The third kappa shape index (κ3) is 4.67. The monoisotopic (exact) mass is 508 g/mol. The number of rotatable bonds is 5. The van der Waals surface area contributed by atoms with Crippen LogP contribution in [-0.2, 0) is 0 Å². The first-order valence-corrected chi connectivity index (χ1v) is 13.1. The lowest BCUT2D eigenvalue weighted by Gasteiger charge is -2.19. The molecule has 0 saturated heterocycles. The highest BCUT2D eigenvalue weighted by molar-refractivity contribution is 5.99. The van der Waals surface area contributed by atoms with E-state index in [4.69, 9.17) is 6.57 Å². The number of hydrogen-bond acceptors (Lipinski definition) is 1. The molecule has 0 amide bonds. The van der Waals surface area contributed by atoms with Gasteiger partial charge in [-0.25, -0.2) is 4.85 Å². The molecule has 2 heteroatoms. The van der Waals surface area contributed by atoms with Gasteiger partial charge in [0.15, 0.2) is 5.69 Å². The Bertz CT molecular complexity index is 1760. The van der Waals surface area contributed by atoms with E-state index < -0.39 is 0 Å². The Labute approximate surface area is 234 Å². The van der Waals surface area contributed by atoms with Crippen LogP contribution < -0.4 is 0 Å². The predicted molar refractivity (Wildman–Crippen MR) is 165 cm³/mol. The summed E-state index contributed by atoms with van der Waals surface area (Å²) in [4.78, 5) is 3.77. The molecule has 6 aromatic carbocycles. The van der Waals surface area contributed by atoms with Crippen LogP contribution in [0.1, 0.15) is 5.56 Å². The van der Waals surface area contributed by atoms with Gasteiger partial charge in [0.05, 0.1) is 18.2 Å². The number of nitriles is 1. The molecule has 0 aliphatic carbocycles. The van der Waals surface area contributed by atoms with Crippen LogP contribution in [0.3, 0.4) is 0 Å². The van der Waals surface area contributed by atoms with Crippen LogP contribution in [0.5, 0.6) is 0 Å². The zero-order chi connectivity index (χ0) is 27.3. The molecule has 0 N–H and O–H groups in total. The van der Waals surface area contributed by atoms with E-state index in [1.54, 1.807) is 0 Å². The summed E-state index contributed by atoms with van der Waals surface area (Å²) in [5.74, 6) is 0. The molecule has 6 rings (SSSR count). The zero-order valence-corrected chi connectivity index (χ0v) is 21.8. The Morgan fingerprint density at radius 3 is 1.35 bits per heavy atom. The minimum absolute atomic E-state index is 0.556. The Balaban J connectivity index is 1.65. The van der Waals surface area contributed by atoms with Gasteiger partial charge in [-0.2, -0.15) is 5.26 Å². The van der Waals surface area contributed by atoms with Gasteiger partial charge < -0.3 is 0 Å². The van der Waals surface area contributed by atoms with Gasteiger partial charge in [-0.3, -0.25) is 0 Å². The molecule has 6 aromatic rings. The summed E-state index contributed by atoms with van der Waals surface area (Å²) in [7, 11) is 0. The summed E-state index contributed by atoms with van der Waals surface area (Å²) in [6, 6.07) is 51.5.